The van der Waals surface area contributed by atoms with Gasteiger partial charge in [-0.1, -0.05) is 0 Å². The summed E-state index contributed by atoms with van der Waals surface area (Å²) in [4.78, 5) is 11.4. The minimum Gasteiger partial charge on any atom is -0.469 e. The van der Waals surface area contributed by atoms with Crippen LogP contribution in [0, 0.1) is 0 Å². The molecule has 0 aliphatic rings. The fourth-order valence-electron chi connectivity index (χ4n) is 0.956. The lowest BCUT2D eigenvalue weighted by Crippen LogP contribution is -2.24. The Labute approximate surface area is 84.1 Å². The van der Waals surface area contributed by atoms with Crippen molar-refractivity contribution in [2.45, 2.75) is 32.8 Å². The van der Waals surface area contributed by atoms with Gasteiger partial charge < -0.3 is 9.15 Å². The van der Waals surface area contributed by atoms with E-state index in [0.29, 0.717) is 12.2 Å². The van der Waals surface area contributed by atoms with Crippen molar-refractivity contribution in [2.75, 3.05) is 6.61 Å². The zero-order valence-corrected chi connectivity index (χ0v) is 8.87. The molecule has 3 heteroatoms. The molecule has 0 aliphatic heterocycles. The van der Waals surface area contributed by atoms with Crippen molar-refractivity contribution >= 4 is 5.78 Å². The Kier molecular flexibility index (Phi) is 3.47. The van der Waals surface area contributed by atoms with Crippen molar-refractivity contribution in [3.63, 3.8) is 0 Å². The fraction of sp³-hybridized carbons (Fsp3) is 0.545. The molecule has 1 aromatic heterocycles. The molecule has 1 aromatic rings. The van der Waals surface area contributed by atoms with Gasteiger partial charge in [-0.15, -0.1) is 0 Å². The lowest BCUT2D eigenvalue weighted by Gasteiger charge is -2.18. The van der Waals surface area contributed by atoms with Gasteiger partial charge in [0.15, 0.2) is 5.78 Å². The third kappa shape index (κ3) is 4.23. The Morgan fingerprint density at radius 2 is 2.21 bits per heavy atom. The molecule has 78 valence electrons. The molecule has 0 radical (unpaired) electrons. The predicted octanol–water partition coefficient (Wildman–Crippen LogP) is 2.21. The lowest BCUT2D eigenvalue weighted by atomic mass is 10.2. The predicted molar refractivity (Wildman–Crippen MR) is 53.1 cm³/mol. The molecule has 14 heavy (non-hydrogen) atoms. The highest BCUT2D eigenvalue weighted by atomic mass is 16.5. The molecule has 1 heterocycles. The summed E-state index contributed by atoms with van der Waals surface area (Å²) in [6, 6.07) is 3.56. The summed E-state index contributed by atoms with van der Waals surface area (Å²) in [5.74, 6) is 0.724. The molecule has 0 N–H and O–H groups in total. The van der Waals surface area contributed by atoms with Crippen LogP contribution in [0.1, 0.15) is 26.5 Å². The first-order valence-electron chi connectivity index (χ1n) is 4.65. The third-order valence-electron chi connectivity index (χ3n) is 1.62. The lowest BCUT2D eigenvalue weighted by molar-refractivity contribution is -0.127. The van der Waals surface area contributed by atoms with Crippen molar-refractivity contribution < 1.29 is 13.9 Å². The average Bonchev–Trinajstić information content (AvgIpc) is 2.52. The number of hydrogen-bond acceptors (Lipinski definition) is 3. The van der Waals surface area contributed by atoms with Gasteiger partial charge in [0.1, 0.15) is 12.4 Å². The van der Waals surface area contributed by atoms with Crippen LogP contribution in [0.5, 0.6) is 0 Å². The Balaban J connectivity index is 2.30. The number of rotatable bonds is 4. The van der Waals surface area contributed by atoms with Crippen LogP contribution in [0.15, 0.2) is 22.8 Å². The SMILES string of the molecule is CC(C)(C)OCC(=O)Cc1ccco1. The number of Topliss-reactive ketones (excluding diaryl/α,β-unsaturated/α-hetero) is 1. The van der Waals surface area contributed by atoms with Crippen molar-refractivity contribution in [3.05, 3.63) is 24.2 Å². The fourth-order valence-corrected chi connectivity index (χ4v) is 0.956. The standard InChI is InChI=1S/C11H16O3/c1-11(2,3)14-8-9(12)7-10-5-4-6-13-10/h4-6H,7-8H2,1-3H3. The second kappa shape index (κ2) is 4.42. The summed E-state index contributed by atoms with van der Waals surface area (Å²) in [6.45, 7) is 5.91. The third-order valence-corrected chi connectivity index (χ3v) is 1.62. The van der Waals surface area contributed by atoms with Crippen LogP contribution in [0.4, 0.5) is 0 Å². The summed E-state index contributed by atoms with van der Waals surface area (Å²) in [6.07, 6.45) is 1.87. The molecule has 3 nitrogen and oxygen atoms in total. The topological polar surface area (TPSA) is 39.4 Å². The molecule has 0 aromatic carbocycles. The minimum atomic E-state index is -0.265. The van der Waals surface area contributed by atoms with Crippen LogP contribution in [0.25, 0.3) is 0 Å². The largest absolute Gasteiger partial charge is 0.469 e. The number of furan rings is 1. The van der Waals surface area contributed by atoms with Gasteiger partial charge in [0, 0.05) is 0 Å². The second-order valence-corrected chi connectivity index (χ2v) is 4.20. The van der Waals surface area contributed by atoms with E-state index >= 15 is 0 Å². The molecule has 0 saturated carbocycles. The Hall–Kier alpha value is -1.09. The summed E-state index contributed by atoms with van der Waals surface area (Å²) >= 11 is 0. The van der Waals surface area contributed by atoms with E-state index in [1.54, 1.807) is 18.4 Å². The van der Waals surface area contributed by atoms with Gasteiger partial charge >= 0.3 is 0 Å². The average molecular weight is 196 g/mol. The second-order valence-electron chi connectivity index (χ2n) is 4.20. The Morgan fingerprint density at radius 1 is 1.50 bits per heavy atom. The Bertz CT molecular complexity index is 280. The van der Waals surface area contributed by atoms with Gasteiger partial charge in [-0.2, -0.15) is 0 Å². The normalized spacial score (nSPS) is 11.6. The maximum Gasteiger partial charge on any atom is 0.166 e. The minimum absolute atomic E-state index is 0.0369. The van der Waals surface area contributed by atoms with Crippen LogP contribution in [0.2, 0.25) is 0 Å². The summed E-state index contributed by atoms with van der Waals surface area (Å²) < 4.78 is 10.4. The first-order chi connectivity index (χ1) is 6.47. The van der Waals surface area contributed by atoms with Crippen LogP contribution < -0.4 is 0 Å². The highest BCUT2D eigenvalue weighted by Gasteiger charge is 2.13. The van der Waals surface area contributed by atoms with Gasteiger partial charge in [0.05, 0.1) is 18.3 Å². The monoisotopic (exact) mass is 196 g/mol. The molecule has 1 rings (SSSR count). The zero-order valence-electron chi connectivity index (χ0n) is 8.87. The maximum absolute atomic E-state index is 11.4. The summed E-state index contributed by atoms with van der Waals surface area (Å²) in [5.41, 5.74) is -0.265. The maximum atomic E-state index is 11.4. The molecule has 0 unspecified atom stereocenters. The summed E-state index contributed by atoms with van der Waals surface area (Å²) in [5, 5.41) is 0. The molecule has 0 amide bonds. The van der Waals surface area contributed by atoms with Gasteiger partial charge in [0.25, 0.3) is 0 Å². The van der Waals surface area contributed by atoms with E-state index in [2.05, 4.69) is 0 Å². The van der Waals surface area contributed by atoms with Gasteiger partial charge in [-0.25, -0.2) is 0 Å². The van der Waals surface area contributed by atoms with Crippen molar-refractivity contribution in [3.8, 4) is 0 Å². The molecule has 0 aliphatic carbocycles. The van der Waals surface area contributed by atoms with Gasteiger partial charge in [-0.3, -0.25) is 4.79 Å². The van der Waals surface area contributed by atoms with E-state index in [9.17, 15) is 4.79 Å². The molecular weight excluding hydrogens is 180 g/mol. The van der Waals surface area contributed by atoms with E-state index < -0.39 is 0 Å². The molecule has 0 saturated heterocycles. The van der Waals surface area contributed by atoms with E-state index in [1.807, 2.05) is 20.8 Å². The van der Waals surface area contributed by atoms with Crippen LogP contribution in [-0.4, -0.2) is 18.0 Å². The van der Waals surface area contributed by atoms with Crippen molar-refractivity contribution in [2.24, 2.45) is 0 Å². The van der Waals surface area contributed by atoms with Crippen LogP contribution >= 0.6 is 0 Å². The smallest absolute Gasteiger partial charge is 0.166 e. The summed E-state index contributed by atoms with van der Waals surface area (Å²) in [7, 11) is 0. The van der Waals surface area contributed by atoms with Crippen molar-refractivity contribution in [1.29, 1.82) is 0 Å². The highest BCUT2D eigenvalue weighted by Crippen LogP contribution is 2.07. The number of carbonyl (C=O) groups is 1. The van der Waals surface area contributed by atoms with E-state index in [0.717, 1.165) is 0 Å². The number of ether oxygens (including phenoxy) is 1. The molecule has 0 fully saturated rings. The molecule has 0 bridgehead atoms. The van der Waals surface area contributed by atoms with Gasteiger partial charge in [-0.05, 0) is 32.9 Å². The first kappa shape index (κ1) is 11.0. The van der Waals surface area contributed by atoms with Gasteiger partial charge in [0.2, 0.25) is 0 Å². The quantitative estimate of drug-likeness (QED) is 0.741. The number of carbonyl (C=O) groups excluding carboxylic acids is 1. The van der Waals surface area contributed by atoms with Crippen LogP contribution in [0.3, 0.4) is 0 Å². The molecule has 0 spiro atoms. The van der Waals surface area contributed by atoms with E-state index in [1.165, 1.54) is 0 Å². The Morgan fingerprint density at radius 3 is 2.71 bits per heavy atom. The molecule has 0 atom stereocenters. The van der Waals surface area contributed by atoms with Crippen molar-refractivity contribution in [1.82, 2.24) is 0 Å². The van der Waals surface area contributed by atoms with Crippen LogP contribution in [-0.2, 0) is 16.0 Å². The number of ketones is 1. The highest BCUT2D eigenvalue weighted by molar-refractivity contribution is 5.81. The number of hydrogen-bond donors (Lipinski definition) is 0. The molecular formula is C11H16O3. The van der Waals surface area contributed by atoms with E-state index in [4.69, 9.17) is 9.15 Å². The first-order valence-corrected chi connectivity index (χ1v) is 4.65. The zero-order chi connectivity index (χ0) is 10.6. The van der Waals surface area contributed by atoms with E-state index in [-0.39, 0.29) is 18.0 Å².